The Kier molecular flexibility index (Phi) is 22.0. The second-order valence-corrected chi connectivity index (χ2v) is 8.03. The molecule has 1 atom stereocenters. The number of carbonyl (C=O) groups excluding carboxylic acids is 1. The van der Waals surface area contributed by atoms with Crippen molar-refractivity contribution in [3.8, 4) is 0 Å². The smallest absolute Gasteiger partial charge is 0.149 e. The monoisotopic (exact) mass is 395 g/mol. The Hall–Kier alpha value is -0.710. The molecular weight excluding hydrogens is 346 g/mol. The Morgan fingerprint density at radius 1 is 0.786 bits per heavy atom. The lowest BCUT2D eigenvalue weighted by atomic mass is 10.0. The third kappa shape index (κ3) is 18.6. The molecule has 5 N–H and O–H groups in total. The Labute approximate surface area is 175 Å². The van der Waals surface area contributed by atoms with E-state index in [-0.39, 0.29) is 6.04 Å². The van der Waals surface area contributed by atoms with Crippen LogP contribution in [0.25, 0.3) is 0 Å². The summed E-state index contributed by atoms with van der Waals surface area (Å²) in [6, 6.07) is -0.0756. The zero-order valence-electron chi connectivity index (χ0n) is 18.7. The first-order valence-corrected chi connectivity index (χ1v) is 12.1. The fourth-order valence-electron chi connectivity index (χ4n) is 3.47. The number of carbonyl (C=O) groups is 1. The number of unbranched alkanes of at least 4 members (excludes halogenated alkanes) is 11. The van der Waals surface area contributed by atoms with E-state index in [9.17, 15) is 4.79 Å². The minimum atomic E-state index is -0.0756. The SMILES string of the molecule is CCCCCCCC/C=C\CCCCCCCC(=O)C(CCN)NCCCN. The van der Waals surface area contributed by atoms with Crippen LogP contribution in [-0.2, 0) is 4.79 Å². The van der Waals surface area contributed by atoms with Crippen molar-refractivity contribution >= 4 is 5.78 Å². The van der Waals surface area contributed by atoms with Crippen LogP contribution in [0.2, 0.25) is 0 Å². The van der Waals surface area contributed by atoms with Gasteiger partial charge in [-0.2, -0.15) is 0 Å². The largest absolute Gasteiger partial charge is 0.330 e. The average Bonchev–Trinajstić information content (AvgIpc) is 2.70. The van der Waals surface area contributed by atoms with Crippen molar-refractivity contribution < 1.29 is 4.79 Å². The molecule has 0 bridgehead atoms. The predicted molar refractivity (Wildman–Crippen MR) is 124 cm³/mol. The van der Waals surface area contributed by atoms with E-state index in [1.807, 2.05) is 0 Å². The van der Waals surface area contributed by atoms with E-state index in [1.165, 1.54) is 70.6 Å². The number of nitrogens with one attached hydrogen (secondary N) is 1. The maximum absolute atomic E-state index is 12.3. The molecule has 0 spiro atoms. The summed E-state index contributed by atoms with van der Waals surface area (Å²) in [5.74, 6) is 0.320. The average molecular weight is 396 g/mol. The van der Waals surface area contributed by atoms with E-state index in [1.54, 1.807) is 0 Å². The molecule has 0 aromatic carbocycles. The predicted octanol–water partition coefficient (Wildman–Crippen LogP) is 5.25. The summed E-state index contributed by atoms with van der Waals surface area (Å²) < 4.78 is 0. The quantitative estimate of drug-likeness (QED) is 0.173. The molecule has 0 aliphatic heterocycles. The van der Waals surface area contributed by atoms with Crippen molar-refractivity contribution in [3.63, 3.8) is 0 Å². The summed E-state index contributed by atoms with van der Waals surface area (Å²) in [6.07, 6.45) is 23.7. The molecule has 4 nitrogen and oxygen atoms in total. The van der Waals surface area contributed by atoms with E-state index < -0.39 is 0 Å². The van der Waals surface area contributed by atoms with Gasteiger partial charge in [-0.1, -0.05) is 70.4 Å². The number of allylic oxidation sites excluding steroid dienone is 2. The number of hydrogen-bond donors (Lipinski definition) is 3. The second-order valence-electron chi connectivity index (χ2n) is 8.03. The van der Waals surface area contributed by atoms with Crippen LogP contribution in [0.3, 0.4) is 0 Å². The molecule has 1 unspecified atom stereocenters. The van der Waals surface area contributed by atoms with Crippen molar-refractivity contribution in [2.45, 2.75) is 116 Å². The van der Waals surface area contributed by atoms with E-state index in [2.05, 4.69) is 24.4 Å². The van der Waals surface area contributed by atoms with Gasteiger partial charge in [0.25, 0.3) is 0 Å². The highest BCUT2D eigenvalue weighted by molar-refractivity contribution is 5.83. The number of Topliss-reactive ketones (excluding diaryl/α,β-unsaturated/α-hetero) is 1. The molecule has 0 saturated heterocycles. The van der Waals surface area contributed by atoms with Crippen LogP contribution < -0.4 is 16.8 Å². The molecule has 166 valence electrons. The van der Waals surface area contributed by atoms with Gasteiger partial charge < -0.3 is 16.8 Å². The van der Waals surface area contributed by atoms with Crippen molar-refractivity contribution in [3.05, 3.63) is 12.2 Å². The van der Waals surface area contributed by atoms with Crippen LogP contribution in [0.5, 0.6) is 0 Å². The number of rotatable bonds is 22. The van der Waals surface area contributed by atoms with Gasteiger partial charge in [0, 0.05) is 6.42 Å². The molecule has 0 amide bonds. The first kappa shape index (κ1) is 27.3. The minimum Gasteiger partial charge on any atom is -0.330 e. The van der Waals surface area contributed by atoms with Crippen molar-refractivity contribution in [1.29, 1.82) is 0 Å². The van der Waals surface area contributed by atoms with Gasteiger partial charge >= 0.3 is 0 Å². The molecule has 0 aromatic rings. The van der Waals surface area contributed by atoms with Crippen LogP contribution in [0.15, 0.2) is 12.2 Å². The Morgan fingerprint density at radius 2 is 1.36 bits per heavy atom. The second kappa shape index (κ2) is 22.6. The number of ketones is 1. The lowest BCUT2D eigenvalue weighted by molar-refractivity contribution is -0.121. The Balaban J connectivity index is 3.49. The van der Waals surface area contributed by atoms with Crippen LogP contribution >= 0.6 is 0 Å². The van der Waals surface area contributed by atoms with Gasteiger partial charge in [-0.15, -0.1) is 0 Å². The lowest BCUT2D eigenvalue weighted by Crippen LogP contribution is -2.39. The molecule has 0 fully saturated rings. The molecule has 0 heterocycles. The van der Waals surface area contributed by atoms with Gasteiger partial charge in [-0.05, 0) is 64.6 Å². The van der Waals surface area contributed by atoms with E-state index in [0.717, 1.165) is 32.2 Å². The maximum Gasteiger partial charge on any atom is 0.149 e. The fourth-order valence-corrected chi connectivity index (χ4v) is 3.47. The molecule has 0 radical (unpaired) electrons. The summed E-state index contributed by atoms with van der Waals surface area (Å²) in [4.78, 5) is 12.3. The maximum atomic E-state index is 12.3. The zero-order chi connectivity index (χ0) is 20.7. The Morgan fingerprint density at radius 3 is 1.93 bits per heavy atom. The van der Waals surface area contributed by atoms with Gasteiger partial charge in [0.1, 0.15) is 5.78 Å². The highest BCUT2D eigenvalue weighted by Crippen LogP contribution is 2.11. The lowest BCUT2D eigenvalue weighted by Gasteiger charge is -2.16. The van der Waals surface area contributed by atoms with Gasteiger partial charge in [0.15, 0.2) is 0 Å². The normalized spacial score (nSPS) is 12.7. The van der Waals surface area contributed by atoms with Crippen LogP contribution in [0, 0.1) is 0 Å². The van der Waals surface area contributed by atoms with Crippen LogP contribution in [-0.4, -0.2) is 31.5 Å². The van der Waals surface area contributed by atoms with E-state index >= 15 is 0 Å². The highest BCUT2D eigenvalue weighted by atomic mass is 16.1. The molecule has 0 aromatic heterocycles. The molecule has 0 rings (SSSR count). The molecule has 0 saturated carbocycles. The molecule has 0 aliphatic carbocycles. The molecule has 0 aliphatic rings. The van der Waals surface area contributed by atoms with E-state index in [4.69, 9.17) is 11.5 Å². The van der Waals surface area contributed by atoms with Gasteiger partial charge in [-0.25, -0.2) is 0 Å². The minimum absolute atomic E-state index is 0.0756. The fraction of sp³-hybridized carbons (Fsp3) is 0.875. The first-order chi connectivity index (χ1) is 13.8. The third-order valence-electron chi connectivity index (χ3n) is 5.30. The van der Waals surface area contributed by atoms with Crippen LogP contribution in [0.4, 0.5) is 0 Å². The zero-order valence-corrected chi connectivity index (χ0v) is 18.7. The third-order valence-corrected chi connectivity index (χ3v) is 5.30. The molecule has 28 heavy (non-hydrogen) atoms. The number of nitrogens with two attached hydrogens (primary N) is 2. The standard InChI is InChI=1S/C24H49N3O/c1-2-3-4-5-6-7-8-9-10-11-12-13-14-15-16-18-24(28)23(19-21-26)27-22-17-20-25/h9-10,23,27H,2-8,11-22,25-26H2,1H3/b10-9-. The van der Waals surface area contributed by atoms with Crippen molar-refractivity contribution in [1.82, 2.24) is 5.32 Å². The summed E-state index contributed by atoms with van der Waals surface area (Å²) in [7, 11) is 0. The van der Waals surface area contributed by atoms with Gasteiger partial charge in [0.05, 0.1) is 6.04 Å². The first-order valence-electron chi connectivity index (χ1n) is 12.1. The van der Waals surface area contributed by atoms with Gasteiger partial charge in [-0.3, -0.25) is 4.79 Å². The molecule has 4 heteroatoms. The van der Waals surface area contributed by atoms with Gasteiger partial charge in [0.2, 0.25) is 0 Å². The highest BCUT2D eigenvalue weighted by Gasteiger charge is 2.15. The number of hydrogen-bond acceptors (Lipinski definition) is 4. The summed E-state index contributed by atoms with van der Waals surface area (Å²) in [6.45, 7) is 4.28. The van der Waals surface area contributed by atoms with Crippen molar-refractivity contribution in [2.75, 3.05) is 19.6 Å². The Bertz CT molecular complexity index is 358. The molecular formula is C24H49N3O. The van der Waals surface area contributed by atoms with E-state index in [0.29, 0.717) is 25.3 Å². The topological polar surface area (TPSA) is 81.1 Å². The van der Waals surface area contributed by atoms with Crippen molar-refractivity contribution in [2.24, 2.45) is 11.5 Å². The summed E-state index contributed by atoms with van der Waals surface area (Å²) >= 11 is 0. The summed E-state index contributed by atoms with van der Waals surface area (Å²) in [5.41, 5.74) is 11.1. The van der Waals surface area contributed by atoms with Crippen LogP contribution in [0.1, 0.15) is 110 Å². The summed E-state index contributed by atoms with van der Waals surface area (Å²) in [5, 5.41) is 3.31.